The van der Waals surface area contributed by atoms with Crippen LogP contribution in [0.25, 0.3) is 0 Å². The minimum Gasteiger partial charge on any atom is -0.488 e. The third-order valence-electron chi connectivity index (χ3n) is 5.60. The molecule has 4 rings (SSSR count). The van der Waals surface area contributed by atoms with E-state index < -0.39 is 10.1 Å². The number of ether oxygens (including phenoxy) is 2. The van der Waals surface area contributed by atoms with Crippen LogP contribution in [-0.2, 0) is 21.0 Å². The quantitative estimate of drug-likeness (QED) is 0.179. The predicted molar refractivity (Wildman–Crippen MR) is 168 cm³/mol. The van der Waals surface area contributed by atoms with Gasteiger partial charge >= 0.3 is 0 Å². The first-order valence-corrected chi connectivity index (χ1v) is 16.1. The zero-order valence-corrected chi connectivity index (χ0v) is 26.8. The van der Waals surface area contributed by atoms with Crippen molar-refractivity contribution in [3.05, 3.63) is 108 Å². The van der Waals surface area contributed by atoms with Gasteiger partial charge < -0.3 is 9.47 Å². The number of aryl methyl sites for hydroxylation is 2. The van der Waals surface area contributed by atoms with Crippen molar-refractivity contribution in [2.75, 3.05) is 0 Å². The Balaban J connectivity index is 0.000000352. The molecule has 41 heavy (non-hydrogen) atoms. The Kier molecular flexibility index (Phi) is 10.3. The summed E-state index contributed by atoms with van der Waals surface area (Å²) in [6.45, 7) is 16.4. The van der Waals surface area contributed by atoms with Gasteiger partial charge in [0.15, 0.2) is 14.7 Å². The Morgan fingerprint density at radius 1 is 0.610 bits per heavy atom. The number of hydrogen-bond acceptors (Lipinski definition) is 4. The molecule has 0 aliphatic carbocycles. The van der Waals surface area contributed by atoms with E-state index >= 15 is 0 Å². The summed E-state index contributed by atoms with van der Waals surface area (Å²) in [5.74, 6) is 1.79. The van der Waals surface area contributed by atoms with Gasteiger partial charge in [-0.2, -0.15) is 8.42 Å². The molecule has 0 atom stereocenters. The largest absolute Gasteiger partial charge is 0.488 e. The third-order valence-corrected chi connectivity index (χ3v) is 8.85. The third kappa shape index (κ3) is 10.3. The topological polar surface area (TPSA) is 72.8 Å². The summed E-state index contributed by atoms with van der Waals surface area (Å²) < 4.78 is 41.6. The maximum Gasteiger partial charge on any atom is 0.294 e. The molecule has 0 amide bonds. The van der Waals surface area contributed by atoms with Gasteiger partial charge in [-0.05, 0) is 122 Å². The molecule has 0 heterocycles. The summed E-state index contributed by atoms with van der Waals surface area (Å²) in [5.41, 5.74) is 1.84. The molecule has 0 aliphatic heterocycles. The Morgan fingerprint density at radius 2 is 1.02 bits per heavy atom. The van der Waals surface area contributed by atoms with Gasteiger partial charge in [0.1, 0.15) is 22.7 Å². The van der Waals surface area contributed by atoms with Crippen LogP contribution in [-0.4, -0.2) is 24.2 Å². The molecule has 0 saturated carbocycles. The van der Waals surface area contributed by atoms with Crippen molar-refractivity contribution in [2.24, 2.45) is 0 Å². The first-order valence-electron chi connectivity index (χ1n) is 13.4. The number of rotatable bonds is 6. The second-order valence-electron chi connectivity index (χ2n) is 11.7. The van der Waals surface area contributed by atoms with Gasteiger partial charge in [0.25, 0.3) is 10.1 Å². The lowest BCUT2D eigenvalue weighted by molar-refractivity contribution is 0.130. The summed E-state index contributed by atoms with van der Waals surface area (Å²) in [6.07, 6.45) is 0. The predicted octanol–water partition coefficient (Wildman–Crippen LogP) is 8.69. The Labute approximate surface area is 248 Å². The highest BCUT2D eigenvalue weighted by molar-refractivity contribution is 7.97. The van der Waals surface area contributed by atoms with Crippen LogP contribution in [0.5, 0.6) is 11.5 Å². The van der Waals surface area contributed by atoms with E-state index in [0.717, 1.165) is 17.1 Å². The zero-order valence-electron chi connectivity index (χ0n) is 25.1. The van der Waals surface area contributed by atoms with Crippen LogP contribution in [0.1, 0.15) is 52.7 Å². The molecule has 4 aromatic rings. The molecule has 0 spiro atoms. The van der Waals surface area contributed by atoms with Crippen molar-refractivity contribution in [1.82, 2.24) is 0 Å². The van der Waals surface area contributed by atoms with Crippen LogP contribution < -0.4 is 9.47 Å². The average molecular weight is 594 g/mol. The fraction of sp³-hybridized carbons (Fsp3) is 0.294. The molecular formula is C34H41O5S2+. The smallest absolute Gasteiger partial charge is 0.294 e. The van der Waals surface area contributed by atoms with E-state index in [1.54, 1.807) is 12.1 Å². The van der Waals surface area contributed by atoms with E-state index in [9.17, 15) is 8.42 Å². The van der Waals surface area contributed by atoms with Gasteiger partial charge in [-0.25, -0.2) is 0 Å². The molecule has 0 aromatic heterocycles. The van der Waals surface area contributed by atoms with Crippen molar-refractivity contribution < 1.29 is 22.4 Å². The van der Waals surface area contributed by atoms with E-state index in [1.807, 2.05) is 6.92 Å². The van der Waals surface area contributed by atoms with Crippen LogP contribution >= 0.6 is 0 Å². The molecule has 0 unspecified atom stereocenters. The van der Waals surface area contributed by atoms with Gasteiger partial charge in [-0.15, -0.1) is 0 Å². The van der Waals surface area contributed by atoms with Crippen LogP contribution in [0.3, 0.4) is 0 Å². The fourth-order valence-electron chi connectivity index (χ4n) is 3.88. The molecule has 1 N–H and O–H groups in total. The minimum absolute atomic E-state index is 0.0666. The maximum absolute atomic E-state index is 10.5. The van der Waals surface area contributed by atoms with Gasteiger partial charge in [0.2, 0.25) is 0 Å². The van der Waals surface area contributed by atoms with Gasteiger partial charge in [-0.3, -0.25) is 4.55 Å². The normalized spacial score (nSPS) is 12.0. The maximum atomic E-state index is 10.5. The van der Waals surface area contributed by atoms with Crippen LogP contribution in [0.15, 0.2) is 117 Å². The van der Waals surface area contributed by atoms with Crippen LogP contribution in [0.2, 0.25) is 0 Å². The molecule has 7 heteroatoms. The molecule has 0 radical (unpaired) electrons. The van der Waals surface area contributed by atoms with Crippen molar-refractivity contribution in [3.8, 4) is 11.5 Å². The summed E-state index contributed by atoms with van der Waals surface area (Å²) >= 11 is 0. The summed E-state index contributed by atoms with van der Waals surface area (Å²) in [5, 5.41) is 0. The monoisotopic (exact) mass is 593 g/mol. The van der Waals surface area contributed by atoms with E-state index in [-0.39, 0.29) is 27.0 Å². The van der Waals surface area contributed by atoms with Gasteiger partial charge in [0, 0.05) is 5.56 Å². The molecule has 0 saturated heterocycles. The summed E-state index contributed by atoms with van der Waals surface area (Å²) in [6, 6.07) is 31.7. The lowest BCUT2D eigenvalue weighted by atomic mass is 10.2. The second-order valence-corrected chi connectivity index (χ2v) is 15.1. The SMILES string of the molecule is Cc1ccc(S(=O)(=O)O)cc1.Cc1ccccc1[S+](c1ccc(OC(C)(C)C)cc1)c1ccc(OC(C)(C)C)cc1. The minimum atomic E-state index is -4.02. The van der Waals surface area contributed by atoms with Crippen molar-refractivity contribution in [2.45, 2.75) is 86.2 Å². The summed E-state index contributed by atoms with van der Waals surface area (Å²) in [4.78, 5) is 3.82. The van der Waals surface area contributed by atoms with Crippen molar-refractivity contribution in [3.63, 3.8) is 0 Å². The first-order chi connectivity index (χ1) is 19.0. The van der Waals surface area contributed by atoms with Crippen LogP contribution in [0, 0.1) is 13.8 Å². The Morgan fingerprint density at radius 3 is 1.39 bits per heavy atom. The van der Waals surface area contributed by atoms with Crippen molar-refractivity contribution in [1.29, 1.82) is 0 Å². The van der Waals surface area contributed by atoms with E-state index in [4.69, 9.17) is 14.0 Å². The Hall–Kier alpha value is -3.26. The lowest BCUT2D eigenvalue weighted by Crippen LogP contribution is -2.23. The molecule has 0 bridgehead atoms. The van der Waals surface area contributed by atoms with E-state index in [1.165, 1.54) is 32.4 Å². The highest BCUT2D eigenvalue weighted by Gasteiger charge is 2.30. The molecule has 0 fully saturated rings. The van der Waals surface area contributed by atoms with E-state index in [0.29, 0.717) is 0 Å². The Bertz CT molecular complexity index is 1450. The summed E-state index contributed by atoms with van der Waals surface area (Å²) in [7, 11) is -4.22. The average Bonchev–Trinajstić information content (AvgIpc) is 2.86. The highest BCUT2D eigenvalue weighted by Crippen LogP contribution is 2.35. The zero-order chi connectivity index (χ0) is 30.4. The second kappa shape index (κ2) is 13.1. The lowest BCUT2D eigenvalue weighted by Gasteiger charge is -2.21. The molecular weight excluding hydrogens is 553 g/mol. The van der Waals surface area contributed by atoms with Crippen LogP contribution in [0.4, 0.5) is 0 Å². The van der Waals surface area contributed by atoms with Crippen molar-refractivity contribution >= 4 is 21.0 Å². The standard InChI is InChI=1S/C27H33O2S.C7H8O3S/c1-20-10-8-9-11-25(20)30(23-16-12-21(13-17-23)28-26(2,3)4)24-18-14-22(15-19-24)29-27(5,6)7;1-6-2-4-7(5-3-6)11(8,9)10/h8-19H,1-7H3;2-5H,1H3,(H,8,9,10)/q+1;. The first kappa shape index (κ1) is 32.3. The fourth-order valence-corrected chi connectivity index (χ4v) is 6.56. The number of hydrogen-bond donors (Lipinski definition) is 1. The molecule has 5 nitrogen and oxygen atoms in total. The molecule has 218 valence electrons. The van der Waals surface area contributed by atoms with Gasteiger partial charge in [0.05, 0.1) is 15.8 Å². The van der Waals surface area contributed by atoms with Gasteiger partial charge in [-0.1, -0.05) is 35.9 Å². The molecule has 4 aromatic carbocycles. The highest BCUT2D eigenvalue weighted by atomic mass is 32.2. The van der Waals surface area contributed by atoms with E-state index in [2.05, 4.69) is 121 Å². The number of benzene rings is 4. The molecule has 0 aliphatic rings.